The van der Waals surface area contributed by atoms with Crippen molar-refractivity contribution in [3.63, 3.8) is 0 Å². The van der Waals surface area contributed by atoms with Gasteiger partial charge in [-0.2, -0.15) is 0 Å². The van der Waals surface area contributed by atoms with Crippen molar-refractivity contribution in [3.8, 4) is 0 Å². The number of rotatable bonds is 4. The monoisotopic (exact) mass is 409 g/mol. The molecule has 2 aromatic carbocycles. The number of amides is 1. The topological polar surface area (TPSA) is 63.2 Å². The van der Waals surface area contributed by atoms with Crippen molar-refractivity contribution in [1.82, 2.24) is 5.32 Å². The summed E-state index contributed by atoms with van der Waals surface area (Å²) in [5.74, 6) is -1.34. The van der Waals surface area contributed by atoms with Gasteiger partial charge in [0.25, 0.3) is 5.91 Å². The molecule has 0 bridgehead atoms. The summed E-state index contributed by atoms with van der Waals surface area (Å²) in [4.78, 5) is 11.9. The van der Waals surface area contributed by atoms with E-state index in [1.54, 1.807) is 18.2 Å². The minimum Gasteiger partial charge on any atom is -0.332 e. The molecule has 0 heterocycles. The van der Waals surface area contributed by atoms with E-state index in [4.69, 9.17) is 34.8 Å². The van der Waals surface area contributed by atoms with Crippen LogP contribution in [0.1, 0.15) is 10.4 Å². The first-order valence-electron chi connectivity index (χ1n) is 6.54. The number of carbonyl (C=O) groups excluding carboxylic acids is 1. The normalized spacial score (nSPS) is 13.3. The molecule has 0 spiro atoms. The van der Waals surface area contributed by atoms with Gasteiger partial charge < -0.3 is 5.32 Å². The molecule has 1 amide bonds. The largest absolute Gasteiger partial charge is 0.332 e. The zero-order chi connectivity index (χ0) is 18.0. The number of carbonyl (C=O) groups is 1. The van der Waals surface area contributed by atoms with Crippen LogP contribution in [0.3, 0.4) is 0 Å². The van der Waals surface area contributed by atoms with Gasteiger partial charge in [-0.15, -0.1) is 0 Å². The van der Waals surface area contributed by atoms with Crippen LogP contribution in [-0.4, -0.2) is 23.5 Å². The number of nitrogens with one attached hydrogen (secondary N) is 1. The molecule has 0 aliphatic rings. The summed E-state index contributed by atoms with van der Waals surface area (Å²) < 4.78 is 36.0. The lowest BCUT2D eigenvalue weighted by Crippen LogP contribution is -2.49. The second kappa shape index (κ2) is 7.27. The SMILES string of the molecule is O=C(NC(C(Cl)(Cl)Cl)S(=O)(=O)c1ccc(F)cc1)c1ccccc1. The van der Waals surface area contributed by atoms with Gasteiger partial charge in [0.15, 0.2) is 5.37 Å². The molecule has 4 nitrogen and oxygen atoms in total. The zero-order valence-electron chi connectivity index (χ0n) is 11.9. The predicted octanol–water partition coefficient (Wildman–Crippen LogP) is 3.73. The maximum atomic E-state index is 13.0. The van der Waals surface area contributed by atoms with E-state index in [9.17, 15) is 17.6 Å². The van der Waals surface area contributed by atoms with Gasteiger partial charge in [-0.1, -0.05) is 53.0 Å². The van der Waals surface area contributed by atoms with Crippen LogP contribution < -0.4 is 5.32 Å². The van der Waals surface area contributed by atoms with Crippen molar-refractivity contribution in [1.29, 1.82) is 0 Å². The molecular formula is C15H11Cl3FNO3S. The van der Waals surface area contributed by atoms with Gasteiger partial charge in [-0.05, 0) is 36.4 Å². The Morgan fingerprint density at radius 2 is 1.54 bits per heavy atom. The molecule has 1 unspecified atom stereocenters. The van der Waals surface area contributed by atoms with Crippen LogP contribution in [0.4, 0.5) is 4.39 Å². The highest BCUT2D eigenvalue weighted by atomic mass is 35.6. The maximum absolute atomic E-state index is 13.0. The molecule has 9 heteroatoms. The lowest BCUT2D eigenvalue weighted by molar-refractivity contribution is 0.0948. The molecule has 2 rings (SSSR count). The molecule has 0 radical (unpaired) electrons. The third kappa shape index (κ3) is 4.39. The van der Waals surface area contributed by atoms with Crippen LogP contribution in [0.15, 0.2) is 59.5 Å². The number of hydrogen-bond acceptors (Lipinski definition) is 3. The Kier molecular flexibility index (Phi) is 5.75. The van der Waals surface area contributed by atoms with E-state index in [0.29, 0.717) is 0 Å². The van der Waals surface area contributed by atoms with Crippen LogP contribution in [0.2, 0.25) is 0 Å². The first-order valence-corrected chi connectivity index (χ1v) is 9.22. The lowest BCUT2D eigenvalue weighted by atomic mass is 10.2. The van der Waals surface area contributed by atoms with Gasteiger partial charge in [0.1, 0.15) is 5.82 Å². The quantitative estimate of drug-likeness (QED) is 0.617. The summed E-state index contributed by atoms with van der Waals surface area (Å²) in [6.45, 7) is 0. The Morgan fingerprint density at radius 3 is 2.04 bits per heavy atom. The van der Waals surface area contributed by atoms with Crippen LogP contribution in [0.5, 0.6) is 0 Å². The van der Waals surface area contributed by atoms with Crippen LogP contribution >= 0.6 is 34.8 Å². The highest BCUT2D eigenvalue weighted by Gasteiger charge is 2.44. The molecule has 128 valence electrons. The molecule has 0 saturated heterocycles. The second-order valence-corrected chi connectivity index (χ2v) is 9.16. The van der Waals surface area contributed by atoms with Gasteiger partial charge in [0.2, 0.25) is 13.6 Å². The van der Waals surface area contributed by atoms with Gasteiger partial charge in [-0.25, -0.2) is 12.8 Å². The van der Waals surface area contributed by atoms with E-state index in [2.05, 4.69) is 5.32 Å². The van der Waals surface area contributed by atoms with Crippen molar-refractivity contribution < 1.29 is 17.6 Å². The van der Waals surface area contributed by atoms with Crippen LogP contribution in [-0.2, 0) is 9.84 Å². The third-order valence-electron chi connectivity index (χ3n) is 3.05. The molecule has 1 atom stereocenters. The van der Waals surface area contributed by atoms with Crippen molar-refractivity contribution in [2.24, 2.45) is 0 Å². The summed E-state index contributed by atoms with van der Waals surface area (Å²) in [6.07, 6.45) is 0. The Bertz CT molecular complexity index is 821. The molecule has 0 saturated carbocycles. The van der Waals surface area contributed by atoms with Gasteiger partial charge in [-0.3, -0.25) is 4.79 Å². The van der Waals surface area contributed by atoms with Crippen molar-refractivity contribution in [3.05, 3.63) is 66.0 Å². The third-order valence-corrected chi connectivity index (χ3v) is 6.11. The smallest absolute Gasteiger partial charge is 0.252 e. The number of alkyl halides is 3. The molecule has 0 aromatic heterocycles. The standard InChI is InChI=1S/C15H11Cl3FNO3S/c16-15(17,18)14(20-13(21)10-4-2-1-3-5-10)24(22,23)12-8-6-11(19)7-9-12/h1-9,14H,(H,20,21). The van der Waals surface area contributed by atoms with E-state index in [-0.39, 0.29) is 10.5 Å². The second-order valence-electron chi connectivity index (χ2n) is 4.76. The molecule has 0 aliphatic carbocycles. The fraction of sp³-hybridized carbons (Fsp3) is 0.133. The van der Waals surface area contributed by atoms with Crippen molar-refractivity contribution in [2.75, 3.05) is 0 Å². The molecule has 2 aromatic rings. The number of benzene rings is 2. The lowest BCUT2D eigenvalue weighted by Gasteiger charge is -2.25. The fourth-order valence-electron chi connectivity index (χ4n) is 1.89. The van der Waals surface area contributed by atoms with Crippen LogP contribution in [0.25, 0.3) is 0 Å². The van der Waals surface area contributed by atoms with Crippen molar-refractivity contribution >= 4 is 50.5 Å². The molecule has 0 fully saturated rings. The van der Waals surface area contributed by atoms with E-state index in [1.807, 2.05) is 0 Å². The zero-order valence-corrected chi connectivity index (χ0v) is 15.0. The predicted molar refractivity (Wildman–Crippen MR) is 91.6 cm³/mol. The average Bonchev–Trinajstić information content (AvgIpc) is 2.52. The minimum atomic E-state index is -4.27. The van der Waals surface area contributed by atoms with Crippen molar-refractivity contribution in [2.45, 2.75) is 14.1 Å². The Morgan fingerprint density at radius 1 is 1.00 bits per heavy atom. The summed E-state index contributed by atoms with van der Waals surface area (Å²) in [5.41, 5.74) is 0.200. The molecule has 0 aliphatic heterocycles. The minimum absolute atomic E-state index is 0.200. The summed E-state index contributed by atoms with van der Waals surface area (Å²) >= 11 is 17.3. The Balaban J connectivity index is 2.39. The van der Waals surface area contributed by atoms with Gasteiger partial charge >= 0.3 is 0 Å². The fourth-order valence-corrected chi connectivity index (χ4v) is 4.51. The highest BCUT2D eigenvalue weighted by Crippen LogP contribution is 2.36. The first-order chi connectivity index (χ1) is 11.1. The summed E-state index contributed by atoms with van der Waals surface area (Å²) in [7, 11) is -4.27. The molecular weight excluding hydrogens is 400 g/mol. The average molecular weight is 411 g/mol. The Hall–Kier alpha value is -1.34. The first kappa shape index (κ1) is 19.0. The number of sulfone groups is 1. The number of hydrogen-bond donors (Lipinski definition) is 1. The van der Waals surface area contributed by atoms with E-state index in [0.717, 1.165) is 24.3 Å². The van der Waals surface area contributed by atoms with Gasteiger partial charge in [0, 0.05) is 5.56 Å². The van der Waals surface area contributed by atoms with Gasteiger partial charge in [0.05, 0.1) is 4.90 Å². The number of halogens is 4. The summed E-state index contributed by atoms with van der Waals surface area (Å²) in [5, 5.41) is 0.357. The highest BCUT2D eigenvalue weighted by molar-refractivity contribution is 7.92. The summed E-state index contributed by atoms with van der Waals surface area (Å²) in [6, 6.07) is 11.8. The molecule has 1 N–H and O–H groups in total. The maximum Gasteiger partial charge on any atom is 0.252 e. The molecule has 24 heavy (non-hydrogen) atoms. The van der Waals surface area contributed by atoms with E-state index in [1.165, 1.54) is 12.1 Å². The Labute approximate surface area is 153 Å². The van der Waals surface area contributed by atoms with E-state index >= 15 is 0 Å². The van der Waals surface area contributed by atoms with E-state index < -0.39 is 30.7 Å². The van der Waals surface area contributed by atoms with Crippen LogP contribution in [0, 0.1) is 5.82 Å².